The second-order valence-corrected chi connectivity index (χ2v) is 1.92. The molecule has 0 unspecified atom stereocenters. The van der Waals surface area contributed by atoms with Crippen LogP contribution in [0.25, 0.3) is 0 Å². The molecular formula is C7H15NO3. The van der Waals surface area contributed by atoms with E-state index >= 15 is 0 Å². The van der Waals surface area contributed by atoms with Crippen LogP contribution in [0.5, 0.6) is 0 Å². The van der Waals surface area contributed by atoms with Gasteiger partial charge in [-0.2, -0.15) is 0 Å². The van der Waals surface area contributed by atoms with E-state index in [-0.39, 0.29) is 12.5 Å². The number of hydrogen-bond donors (Lipinski definition) is 1. The topological polar surface area (TPSA) is 47.6 Å². The molecular weight excluding hydrogens is 146 g/mol. The molecule has 4 nitrogen and oxygen atoms in total. The van der Waals surface area contributed by atoms with Crippen LogP contribution in [0, 0.1) is 0 Å². The number of rotatable bonds is 6. The molecule has 0 aliphatic rings. The van der Waals surface area contributed by atoms with E-state index in [4.69, 9.17) is 9.47 Å². The van der Waals surface area contributed by atoms with Crippen LogP contribution in [0.1, 0.15) is 6.92 Å². The summed E-state index contributed by atoms with van der Waals surface area (Å²) >= 11 is 0. The van der Waals surface area contributed by atoms with Crippen molar-refractivity contribution in [2.24, 2.45) is 0 Å². The van der Waals surface area contributed by atoms with Crippen molar-refractivity contribution >= 4 is 5.91 Å². The van der Waals surface area contributed by atoms with Gasteiger partial charge in [-0.15, -0.1) is 0 Å². The molecule has 0 aliphatic heterocycles. The molecule has 1 N–H and O–H groups in total. The summed E-state index contributed by atoms with van der Waals surface area (Å²) in [5.41, 5.74) is 0. The first-order chi connectivity index (χ1) is 5.31. The van der Waals surface area contributed by atoms with Crippen molar-refractivity contribution in [2.45, 2.75) is 6.92 Å². The van der Waals surface area contributed by atoms with Gasteiger partial charge >= 0.3 is 0 Å². The molecule has 0 radical (unpaired) electrons. The van der Waals surface area contributed by atoms with Crippen LogP contribution in [-0.4, -0.2) is 39.4 Å². The van der Waals surface area contributed by atoms with Gasteiger partial charge in [-0.05, 0) is 6.92 Å². The summed E-state index contributed by atoms with van der Waals surface area (Å²) < 4.78 is 9.94. The van der Waals surface area contributed by atoms with Crippen molar-refractivity contribution in [3.63, 3.8) is 0 Å². The minimum atomic E-state index is -0.110. The summed E-state index contributed by atoms with van der Waals surface area (Å²) in [7, 11) is 1.58. The van der Waals surface area contributed by atoms with Gasteiger partial charge in [0.25, 0.3) is 0 Å². The molecule has 0 heterocycles. The smallest absolute Gasteiger partial charge is 0.245 e. The van der Waals surface area contributed by atoms with Crippen molar-refractivity contribution < 1.29 is 14.3 Å². The fraction of sp³-hybridized carbons (Fsp3) is 0.857. The highest BCUT2D eigenvalue weighted by molar-refractivity contribution is 5.76. The fourth-order valence-electron chi connectivity index (χ4n) is 0.499. The van der Waals surface area contributed by atoms with Crippen LogP contribution in [0.2, 0.25) is 0 Å². The van der Waals surface area contributed by atoms with E-state index in [1.165, 1.54) is 0 Å². The van der Waals surface area contributed by atoms with Gasteiger partial charge in [-0.1, -0.05) is 0 Å². The van der Waals surface area contributed by atoms with Gasteiger partial charge in [-0.3, -0.25) is 4.79 Å². The van der Waals surface area contributed by atoms with Crippen LogP contribution in [0.4, 0.5) is 0 Å². The lowest BCUT2D eigenvalue weighted by Crippen LogP contribution is -2.24. The van der Waals surface area contributed by atoms with Crippen LogP contribution in [-0.2, 0) is 14.3 Å². The summed E-state index contributed by atoms with van der Waals surface area (Å²) in [6, 6.07) is 0. The van der Waals surface area contributed by atoms with Gasteiger partial charge in [0.2, 0.25) is 5.91 Å². The van der Waals surface area contributed by atoms with E-state index in [2.05, 4.69) is 5.32 Å². The first-order valence-corrected chi connectivity index (χ1v) is 3.67. The molecule has 0 saturated heterocycles. The fourth-order valence-corrected chi connectivity index (χ4v) is 0.499. The van der Waals surface area contributed by atoms with Crippen molar-refractivity contribution in [3.05, 3.63) is 0 Å². The van der Waals surface area contributed by atoms with E-state index in [0.29, 0.717) is 19.8 Å². The number of carbonyl (C=O) groups excluding carboxylic acids is 1. The van der Waals surface area contributed by atoms with E-state index < -0.39 is 0 Å². The Morgan fingerprint density at radius 1 is 1.36 bits per heavy atom. The third kappa shape index (κ3) is 7.29. The number of likely N-dealkylation sites (N-methyl/N-ethyl adjacent to an activating group) is 1. The Labute approximate surface area is 66.9 Å². The predicted octanol–water partition coefficient (Wildman–Crippen LogP) is -0.215. The Morgan fingerprint density at radius 3 is 2.55 bits per heavy atom. The van der Waals surface area contributed by atoms with Gasteiger partial charge < -0.3 is 14.8 Å². The quantitative estimate of drug-likeness (QED) is 0.548. The molecule has 0 atom stereocenters. The van der Waals surface area contributed by atoms with Crippen LogP contribution >= 0.6 is 0 Å². The molecule has 11 heavy (non-hydrogen) atoms. The summed E-state index contributed by atoms with van der Waals surface area (Å²) in [6.45, 7) is 3.74. The highest BCUT2D eigenvalue weighted by Gasteiger charge is 1.95. The molecule has 4 heteroatoms. The molecule has 0 spiro atoms. The zero-order valence-corrected chi connectivity index (χ0v) is 7.05. The normalized spacial score (nSPS) is 9.64. The van der Waals surface area contributed by atoms with Crippen molar-refractivity contribution in [3.8, 4) is 0 Å². The maximum Gasteiger partial charge on any atom is 0.245 e. The number of carbonyl (C=O) groups is 1. The SMILES string of the molecule is CCOCCOCC(=O)NC. The lowest BCUT2D eigenvalue weighted by atomic mass is 10.6. The van der Waals surface area contributed by atoms with Crippen molar-refractivity contribution in [1.82, 2.24) is 5.32 Å². The molecule has 0 rings (SSSR count). The highest BCUT2D eigenvalue weighted by atomic mass is 16.5. The summed E-state index contributed by atoms with van der Waals surface area (Å²) in [6.07, 6.45) is 0. The number of ether oxygens (including phenoxy) is 2. The molecule has 0 fully saturated rings. The van der Waals surface area contributed by atoms with Crippen molar-refractivity contribution in [2.75, 3.05) is 33.5 Å². The number of nitrogens with one attached hydrogen (secondary N) is 1. The summed E-state index contributed by atoms with van der Waals surface area (Å²) in [5.74, 6) is -0.110. The van der Waals surface area contributed by atoms with E-state index in [9.17, 15) is 4.79 Å². The molecule has 0 aliphatic carbocycles. The van der Waals surface area contributed by atoms with Gasteiger partial charge in [-0.25, -0.2) is 0 Å². The van der Waals surface area contributed by atoms with Gasteiger partial charge in [0, 0.05) is 13.7 Å². The minimum absolute atomic E-state index is 0.110. The monoisotopic (exact) mass is 161 g/mol. The van der Waals surface area contributed by atoms with Crippen LogP contribution < -0.4 is 5.32 Å². The lowest BCUT2D eigenvalue weighted by molar-refractivity contribution is -0.125. The van der Waals surface area contributed by atoms with Gasteiger partial charge in [0.05, 0.1) is 13.2 Å². The average molecular weight is 161 g/mol. The third-order valence-electron chi connectivity index (χ3n) is 1.09. The standard InChI is InChI=1S/C7H15NO3/c1-3-10-4-5-11-6-7(9)8-2/h3-6H2,1-2H3,(H,8,9). The van der Waals surface area contributed by atoms with Crippen LogP contribution in [0.3, 0.4) is 0 Å². The van der Waals surface area contributed by atoms with E-state index in [1.54, 1.807) is 7.05 Å². The predicted molar refractivity (Wildman–Crippen MR) is 41.4 cm³/mol. The molecule has 0 aromatic heterocycles. The second-order valence-electron chi connectivity index (χ2n) is 1.92. The molecule has 1 amide bonds. The number of amides is 1. The first-order valence-electron chi connectivity index (χ1n) is 3.67. The second kappa shape index (κ2) is 7.50. The lowest BCUT2D eigenvalue weighted by Gasteiger charge is -2.02. The first kappa shape index (κ1) is 10.4. The zero-order chi connectivity index (χ0) is 8.53. The number of hydrogen-bond acceptors (Lipinski definition) is 3. The molecule has 66 valence electrons. The van der Waals surface area contributed by atoms with Gasteiger partial charge in [0.15, 0.2) is 0 Å². The molecule has 0 aromatic carbocycles. The Bertz CT molecular complexity index is 106. The van der Waals surface area contributed by atoms with Gasteiger partial charge in [0.1, 0.15) is 6.61 Å². The van der Waals surface area contributed by atoms with E-state index in [0.717, 1.165) is 0 Å². The van der Waals surface area contributed by atoms with Crippen LogP contribution in [0.15, 0.2) is 0 Å². The summed E-state index contributed by atoms with van der Waals surface area (Å²) in [4.78, 5) is 10.6. The molecule has 0 saturated carbocycles. The third-order valence-corrected chi connectivity index (χ3v) is 1.09. The largest absolute Gasteiger partial charge is 0.379 e. The Morgan fingerprint density at radius 2 is 2.00 bits per heavy atom. The zero-order valence-electron chi connectivity index (χ0n) is 7.05. The maximum absolute atomic E-state index is 10.6. The highest BCUT2D eigenvalue weighted by Crippen LogP contribution is 1.77. The minimum Gasteiger partial charge on any atom is -0.379 e. The Kier molecular flexibility index (Phi) is 7.08. The molecule has 0 aromatic rings. The Balaban J connectivity index is 2.95. The summed E-state index contributed by atoms with van der Waals surface area (Å²) in [5, 5.41) is 2.45. The van der Waals surface area contributed by atoms with Crippen molar-refractivity contribution in [1.29, 1.82) is 0 Å². The Hall–Kier alpha value is -0.610. The maximum atomic E-state index is 10.6. The van der Waals surface area contributed by atoms with E-state index in [1.807, 2.05) is 6.92 Å². The average Bonchev–Trinajstić information content (AvgIpc) is 2.04. The molecule has 0 bridgehead atoms.